The molecule has 2 heterocycles. The fraction of sp³-hybridized carbons (Fsp3) is 0.615. The first-order chi connectivity index (χ1) is 8.69. The van der Waals surface area contributed by atoms with Crippen molar-refractivity contribution < 1.29 is 0 Å². The van der Waals surface area contributed by atoms with Crippen LogP contribution in [-0.2, 0) is 0 Å². The summed E-state index contributed by atoms with van der Waals surface area (Å²) in [7, 11) is 0. The molecule has 1 aliphatic heterocycles. The number of hydrogen-bond donors (Lipinski definition) is 1. The molecule has 5 heteroatoms. The van der Waals surface area contributed by atoms with Crippen LogP contribution in [0.1, 0.15) is 13.3 Å². The van der Waals surface area contributed by atoms with Gasteiger partial charge in [-0.05, 0) is 18.6 Å². The molecular formula is C13H21ClN4. The van der Waals surface area contributed by atoms with Crippen molar-refractivity contribution in [3.8, 4) is 0 Å². The van der Waals surface area contributed by atoms with Gasteiger partial charge in [0.1, 0.15) is 5.82 Å². The number of nitrogens with two attached hydrogens (primary N) is 1. The van der Waals surface area contributed by atoms with Gasteiger partial charge in [-0.3, -0.25) is 4.90 Å². The molecule has 1 aromatic rings. The Labute approximate surface area is 114 Å². The minimum atomic E-state index is 0.296. The Bertz CT molecular complexity index is 360. The van der Waals surface area contributed by atoms with E-state index in [0.29, 0.717) is 11.1 Å². The minimum Gasteiger partial charge on any atom is -0.354 e. The highest BCUT2D eigenvalue weighted by Gasteiger charge is 2.18. The zero-order chi connectivity index (χ0) is 13.0. The largest absolute Gasteiger partial charge is 0.354 e. The average Bonchev–Trinajstić information content (AvgIpc) is 2.40. The molecule has 1 atom stereocenters. The number of rotatable bonds is 4. The maximum Gasteiger partial charge on any atom is 0.128 e. The van der Waals surface area contributed by atoms with E-state index in [2.05, 4.69) is 21.7 Å². The zero-order valence-corrected chi connectivity index (χ0v) is 11.6. The van der Waals surface area contributed by atoms with Crippen molar-refractivity contribution in [1.29, 1.82) is 0 Å². The van der Waals surface area contributed by atoms with Crippen molar-refractivity contribution in [2.24, 2.45) is 5.73 Å². The second kappa shape index (κ2) is 6.36. The third-order valence-electron chi connectivity index (χ3n) is 3.43. The fourth-order valence-corrected chi connectivity index (χ4v) is 2.29. The van der Waals surface area contributed by atoms with Gasteiger partial charge in [0.15, 0.2) is 0 Å². The van der Waals surface area contributed by atoms with Crippen molar-refractivity contribution in [2.45, 2.75) is 19.4 Å². The van der Waals surface area contributed by atoms with E-state index in [1.54, 1.807) is 6.20 Å². The predicted octanol–water partition coefficient (Wildman–Crippen LogP) is 1.59. The molecule has 0 amide bonds. The lowest BCUT2D eigenvalue weighted by molar-refractivity contribution is 0.240. The summed E-state index contributed by atoms with van der Waals surface area (Å²) in [5.74, 6) is 1.01. The Hall–Kier alpha value is -0.840. The maximum absolute atomic E-state index is 5.98. The summed E-state index contributed by atoms with van der Waals surface area (Å²) < 4.78 is 0. The monoisotopic (exact) mass is 268 g/mol. The molecular weight excluding hydrogens is 248 g/mol. The van der Waals surface area contributed by atoms with Gasteiger partial charge in [0.05, 0.1) is 5.02 Å². The van der Waals surface area contributed by atoms with E-state index in [1.165, 1.54) is 0 Å². The van der Waals surface area contributed by atoms with Gasteiger partial charge in [-0.25, -0.2) is 4.98 Å². The molecule has 1 aromatic heterocycles. The van der Waals surface area contributed by atoms with Crippen molar-refractivity contribution in [2.75, 3.05) is 37.6 Å². The predicted molar refractivity (Wildman–Crippen MR) is 76.2 cm³/mol. The molecule has 0 saturated carbocycles. The number of anilines is 1. The molecule has 0 aromatic carbocycles. The van der Waals surface area contributed by atoms with Gasteiger partial charge in [0.2, 0.25) is 0 Å². The van der Waals surface area contributed by atoms with Crippen LogP contribution in [0.25, 0.3) is 0 Å². The van der Waals surface area contributed by atoms with E-state index in [1.807, 2.05) is 12.1 Å². The highest BCUT2D eigenvalue weighted by atomic mass is 35.5. The normalized spacial score (nSPS) is 18.9. The lowest BCUT2D eigenvalue weighted by Crippen LogP contribution is -2.50. The summed E-state index contributed by atoms with van der Waals surface area (Å²) in [5, 5.41) is 0.686. The summed E-state index contributed by atoms with van der Waals surface area (Å²) in [6.45, 7) is 7.25. The van der Waals surface area contributed by atoms with Gasteiger partial charge in [0.25, 0.3) is 0 Å². The van der Waals surface area contributed by atoms with Crippen molar-refractivity contribution in [3.63, 3.8) is 0 Å². The molecule has 100 valence electrons. The number of aromatic nitrogens is 1. The summed E-state index contributed by atoms with van der Waals surface area (Å²) in [6, 6.07) is 4.17. The van der Waals surface area contributed by atoms with Crippen LogP contribution in [0, 0.1) is 0 Å². The lowest BCUT2D eigenvalue weighted by atomic mass is 10.2. The van der Waals surface area contributed by atoms with Gasteiger partial charge in [0, 0.05) is 45.0 Å². The van der Waals surface area contributed by atoms with Crippen molar-refractivity contribution in [3.05, 3.63) is 23.4 Å². The smallest absolute Gasteiger partial charge is 0.128 e. The van der Waals surface area contributed by atoms with Crippen LogP contribution >= 0.6 is 11.6 Å². The van der Waals surface area contributed by atoms with E-state index in [0.717, 1.165) is 45.0 Å². The molecule has 2 N–H and O–H groups in total. The SMILES string of the molecule is CCC(N)CN1CCN(c2ccc(Cl)cn2)CC1. The molecule has 1 aliphatic rings. The van der Waals surface area contributed by atoms with Crippen LogP contribution in [0.5, 0.6) is 0 Å². The molecule has 0 spiro atoms. The summed E-state index contributed by atoms with van der Waals surface area (Å²) in [4.78, 5) is 9.08. The molecule has 1 saturated heterocycles. The Morgan fingerprint density at radius 2 is 2.06 bits per heavy atom. The second-order valence-electron chi connectivity index (χ2n) is 4.79. The van der Waals surface area contributed by atoms with Crippen LogP contribution < -0.4 is 10.6 Å². The Morgan fingerprint density at radius 3 is 2.61 bits per heavy atom. The molecule has 2 rings (SSSR count). The third-order valence-corrected chi connectivity index (χ3v) is 3.65. The molecule has 0 aliphatic carbocycles. The van der Waals surface area contributed by atoms with Crippen LogP contribution in [0.4, 0.5) is 5.82 Å². The lowest BCUT2D eigenvalue weighted by Gasteiger charge is -2.36. The average molecular weight is 269 g/mol. The zero-order valence-electron chi connectivity index (χ0n) is 10.8. The fourth-order valence-electron chi connectivity index (χ4n) is 2.18. The van der Waals surface area contributed by atoms with E-state index < -0.39 is 0 Å². The third kappa shape index (κ3) is 3.57. The maximum atomic E-state index is 5.98. The standard InChI is InChI=1S/C13H21ClN4/c1-2-12(15)10-17-5-7-18(8-6-17)13-4-3-11(14)9-16-13/h3-4,9,12H,2,5-8,10,15H2,1H3. The van der Waals surface area contributed by atoms with Gasteiger partial charge < -0.3 is 10.6 Å². The Morgan fingerprint density at radius 1 is 1.33 bits per heavy atom. The summed E-state index contributed by atoms with van der Waals surface area (Å²) >= 11 is 5.84. The van der Waals surface area contributed by atoms with E-state index in [4.69, 9.17) is 17.3 Å². The highest BCUT2D eigenvalue weighted by molar-refractivity contribution is 6.30. The molecule has 1 unspecified atom stereocenters. The van der Waals surface area contributed by atoms with Crippen molar-refractivity contribution in [1.82, 2.24) is 9.88 Å². The molecule has 0 bridgehead atoms. The number of nitrogens with zero attached hydrogens (tertiary/aromatic N) is 3. The first kappa shape index (κ1) is 13.6. The summed E-state index contributed by atoms with van der Waals surface area (Å²) in [6.07, 6.45) is 2.75. The molecule has 0 radical (unpaired) electrons. The summed E-state index contributed by atoms with van der Waals surface area (Å²) in [5.41, 5.74) is 5.98. The van der Waals surface area contributed by atoms with Crippen LogP contribution in [-0.4, -0.2) is 48.6 Å². The second-order valence-corrected chi connectivity index (χ2v) is 5.23. The number of halogens is 1. The highest BCUT2D eigenvalue weighted by Crippen LogP contribution is 2.16. The van der Waals surface area contributed by atoms with E-state index in [-0.39, 0.29) is 0 Å². The first-order valence-corrected chi connectivity index (χ1v) is 6.91. The molecule has 4 nitrogen and oxygen atoms in total. The number of pyridine rings is 1. The van der Waals surface area contributed by atoms with Gasteiger partial charge in [-0.15, -0.1) is 0 Å². The first-order valence-electron chi connectivity index (χ1n) is 6.53. The van der Waals surface area contributed by atoms with Crippen LogP contribution in [0.15, 0.2) is 18.3 Å². The molecule has 1 fully saturated rings. The number of piperazine rings is 1. The Kier molecular flexibility index (Phi) is 4.80. The van der Waals surface area contributed by atoms with E-state index in [9.17, 15) is 0 Å². The van der Waals surface area contributed by atoms with Crippen molar-refractivity contribution >= 4 is 17.4 Å². The van der Waals surface area contributed by atoms with Crippen LogP contribution in [0.2, 0.25) is 5.02 Å². The van der Waals surface area contributed by atoms with E-state index >= 15 is 0 Å². The number of hydrogen-bond acceptors (Lipinski definition) is 4. The Balaban J connectivity index is 1.84. The van der Waals surface area contributed by atoms with Gasteiger partial charge in [-0.1, -0.05) is 18.5 Å². The molecule has 18 heavy (non-hydrogen) atoms. The van der Waals surface area contributed by atoms with Gasteiger partial charge in [-0.2, -0.15) is 0 Å². The topological polar surface area (TPSA) is 45.4 Å². The van der Waals surface area contributed by atoms with Gasteiger partial charge >= 0.3 is 0 Å². The quantitative estimate of drug-likeness (QED) is 0.901. The minimum absolute atomic E-state index is 0.296. The van der Waals surface area contributed by atoms with Crippen LogP contribution in [0.3, 0.4) is 0 Å².